The second-order valence-corrected chi connectivity index (χ2v) is 2.71. The molecule has 0 radical (unpaired) electrons. The van der Waals surface area contributed by atoms with Crippen LogP contribution in [0.3, 0.4) is 0 Å². The van der Waals surface area contributed by atoms with Crippen LogP contribution in [-0.2, 0) is 19.5 Å². The third kappa shape index (κ3) is 4.74. The molecular formula is C11H13NRu. The van der Waals surface area contributed by atoms with Crippen molar-refractivity contribution in [3.05, 3.63) is 53.9 Å². The number of H-pyrrole nitrogens is 1. The molecule has 0 bridgehead atoms. The van der Waals surface area contributed by atoms with E-state index in [2.05, 4.69) is 43.2 Å². The predicted molar refractivity (Wildman–Crippen MR) is 51.1 cm³/mol. The maximum Gasteiger partial charge on any atom is 2.00 e. The first-order valence-corrected chi connectivity index (χ1v) is 3.99. The van der Waals surface area contributed by atoms with E-state index in [1.54, 1.807) is 0 Å². The first kappa shape index (κ1) is 12.3. The number of aromatic amines is 1. The molecule has 1 nitrogen and oxygen atoms in total. The normalized spacial score (nSPS) is 8.15. The van der Waals surface area contributed by atoms with E-state index >= 15 is 0 Å². The quantitative estimate of drug-likeness (QED) is 0.554. The second-order valence-electron chi connectivity index (χ2n) is 2.71. The summed E-state index contributed by atoms with van der Waals surface area (Å²) in [5.74, 6) is 0. The molecule has 2 aromatic rings. The van der Waals surface area contributed by atoms with Crippen LogP contribution in [0, 0.1) is 20.0 Å². The molecular weight excluding hydrogens is 247 g/mol. The van der Waals surface area contributed by atoms with Gasteiger partial charge in [-0.05, 0) is 0 Å². The molecule has 1 aromatic heterocycles. The van der Waals surface area contributed by atoms with Crippen molar-refractivity contribution in [1.29, 1.82) is 0 Å². The third-order valence-electron chi connectivity index (χ3n) is 1.76. The van der Waals surface area contributed by atoms with Crippen molar-refractivity contribution in [2.45, 2.75) is 13.8 Å². The molecule has 1 heterocycles. The van der Waals surface area contributed by atoms with Crippen molar-refractivity contribution in [3.63, 3.8) is 0 Å². The van der Waals surface area contributed by atoms with Gasteiger partial charge in [0, 0.05) is 0 Å². The maximum atomic E-state index is 2.74. The number of rotatable bonds is 0. The van der Waals surface area contributed by atoms with Crippen LogP contribution in [-0.4, -0.2) is 4.98 Å². The SMILES string of the molecule is Cc1ccc[c-]1C.[Ru+2].[c-]1ccc[nH]1. The number of nitrogens with one attached hydrogen (secondary N) is 1. The van der Waals surface area contributed by atoms with E-state index in [-0.39, 0.29) is 19.5 Å². The fourth-order valence-electron chi connectivity index (χ4n) is 0.840. The molecule has 70 valence electrons. The van der Waals surface area contributed by atoms with E-state index in [9.17, 15) is 0 Å². The minimum atomic E-state index is 0. The van der Waals surface area contributed by atoms with Crippen LogP contribution < -0.4 is 0 Å². The van der Waals surface area contributed by atoms with Crippen molar-refractivity contribution in [1.82, 2.24) is 4.98 Å². The Bertz CT molecular complexity index is 262. The summed E-state index contributed by atoms with van der Waals surface area (Å²) in [6.07, 6.45) is 4.56. The summed E-state index contributed by atoms with van der Waals surface area (Å²) in [7, 11) is 0. The molecule has 0 saturated heterocycles. The van der Waals surface area contributed by atoms with Gasteiger partial charge in [0.15, 0.2) is 0 Å². The van der Waals surface area contributed by atoms with E-state index in [1.165, 1.54) is 11.1 Å². The Labute approximate surface area is 92.3 Å². The van der Waals surface area contributed by atoms with Gasteiger partial charge in [-0.3, -0.25) is 0 Å². The average Bonchev–Trinajstić information content (AvgIpc) is 2.67. The van der Waals surface area contributed by atoms with Crippen LogP contribution >= 0.6 is 0 Å². The Morgan fingerprint density at radius 3 is 2.31 bits per heavy atom. The van der Waals surface area contributed by atoms with Gasteiger partial charge in [0.2, 0.25) is 0 Å². The van der Waals surface area contributed by atoms with Gasteiger partial charge in [-0.25, -0.2) is 12.1 Å². The Balaban J connectivity index is 0.000000215. The summed E-state index contributed by atoms with van der Waals surface area (Å²) < 4.78 is 0. The zero-order valence-electron chi connectivity index (χ0n) is 7.82. The fraction of sp³-hybridized carbons (Fsp3) is 0.182. The van der Waals surface area contributed by atoms with Gasteiger partial charge in [0.1, 0.15) is 0 Å². The Morgan fingerprint density at radius 2 is 2.15 bits per heavy atom. The second kappa shape index (κ2) is 6.74. The van der Waals surface area contributed by atoms with Crippen molar-refractivity contribution < 1.29 is 19.5 Å². The number of aryl methyl sites for hydroxylation is 2. The zero-order valence-corrected chi connectivity index (χ0v) is 9.56. The van der Waals surface area contributed by atoms with Gasteiger partial charge < -0.3 is 4.98 Å². The monoisotopic (exact) mass is 261 g/mol. The van der Waals surface area contributed by atoms with E-state index in [1.807, 2.05) is 18.3 Å². The molecule has 0 aliphatic heterocycles. The van der Waals surface area contributed by atoms with Crippen LogP contribution in [0.4, 0.5) is 0 Å². The first-order chi connectivity index (χ1) is 5.80. The van der Waals surface area contributed by atoms with Crippen molar-refractivity contribution in [2.24, 2.45) is 0 Å². The molecule has 2 heteroatoms. The molecule has 0 amide bonds. The third-order valence-corrected chi connectivity index (χ3v) is 1.76. The standard InChI is InChI=1S/C7H9.C4H4N.Ru/c1-6-4-3-5-7(6)2;1-2-4-5-3-1;/h3-5H,1-2H3;1-3,5H;/q2*-1;+2. The summed E-state index contributed by atoms with van der Waals surface area (Å²) in [4.78, 5) is 2.74. The van der Waals surface area contributed by atoms with Gasteiger partial charge >= 0.3 is 19.5 Å². The van der Waals surface area contributed by atoms with Crippen LogP contribution in [0.2, 0.25) is 0 Å². The molecule has 0 spiro atoms. The van der Waals surface area contributed by atoms with Gasteiger partial charge in [0.25, 0.3) is 0 Å². The van der Waals surface area contributed by atoms with E-state index in [0.29, 0.717) is 0 Å². The number of aromatic nitrogens is 1. The molecule has 1 aromatic carbocycles. The van der Waals surface area contributed by atoms with Crippen molar-refractivity contribution >= 4 is 0 Å². The van der Waals surface area contributed by atoms with Gasteiger partial charge in [-0.15, -0.1) is 6.20 Å². The summed E-state index contributed by atoms with van der Waals surface area (Å²) in [5.41, 5.74) is 2.78. The molecule has 0 atom stereocenters. The molecule has 13 heavy (non-hydrogen) atoms. The smallest absolute Gasteiger partial charge is 0.484 e. The molecule has 0 aliphatic carbocycles. The van der Waals surface area contributed by atoms with E-state index in [0.717, 1.165) is 0 Å². The van der Waals surface area contributed by atoms with Gasteiger partial charge in [-0.2, -0.15) is 35.5 Å². The average molecular weight is 260 g/mol. The van der Waals surface area contributed by atoms with Crippen molar-refractivity contribution in [2.75, 3.05) is 0 Å². The molecule has 0 saturated carbocycles. The van der Waals surface area contributed by atoms with Crippen LogP contribution in [0.15, 0.2) is 36.5 Å². The van der Waals surface area contributed by atoms with Gasteiger partial charge in [-0.1, -0.05) is 13.8 Å². The predicted octanol–water partition coefficient (Wildman–Crippen LogP) is 2.83. The minimum Gasteiger partial charge on any atom is -0.484 e. The number of hydrogen-bond donors (Lipinski definition) is 1. The van der Waals surface area contributed by atoms with Crippen LogP contribution in [0.25, 0.3) is 0 Å². The summed E-state index contributed by atoms with van der Waals surface area (Å²) in [5, 5.41) is 0. The van der Waals surface area contributed by atoms with E-state index < -0.39 is 0 Å². The molecule has 0 unspecified atom stereocenters. The summed E-state index contributed by atoms with van der Waals surface area (Å²) in [6.45, 7) is 4.24. The fourth-order valence-corrected chi connectivity index (χ4v) is 0.840. The van der Waals surface area contributed by atoms with Crippen LogP contribution in [0.5, 0.6) is 0 Å². The number of hydrogen-bond acceptors (Lipinski definition) is 0. The van der Waals surface area contributed by atoms with Crippen molar-refractivity contribution in [3.8, 4) is 0 Å². The zero-order chi connectivity index (χ0) is 8.81. The largest absolute Gasteiger partial charge is 2.00 e. The Morgan fingerprint density at radius 1 is 1.38 bits per heavy atom. The van der Waals surface area contributed by atoms with Gasteiger partial charge in [0.05, 0.1) is 0 Å². The molecule has 1 N–H and O–H groups in total. The van der Waals surface area contributed by atoms with E-state index in [4.69, 9.17) is 0 Å². The summed E-state index contributed by atoms with van der Waals surface area (Å²) >= 11 is 0. The minimum absolute atomic E-state index is 0. The molecule has 0 aliphatic rings. The molecule has 0 fully saturated rings. The van der Waals surface area contributed by atoms with Crippen LogP contribution in [0.1, 0.15) is 11.1 Å². The Kier molecular flexibility index (Phi) is 6.35. The molecule has 2 rings (SSSR count). The summed E-state index contributed by atoms with van der Waals surface area (Å²) in [6, 6.07) is 10.0. The maximum absolute atomic E-state index is 2.74. The first-order valence-electron chi connectivity index (χ1n) is 3.99. The topological polar surface area (TPSA) is 15.8 Å². The Hall–Kier alpha value is -0.747.